The lowest BCUT2D eigenvalue weighted by atomic mass is 10.1. The number of hydrogen-bond donors (Lipinski definition) is 1. The third-order valence-electron chi connectivity index (χ3n) is 3.20. The van der Waals surface area contributed by atoms with Crippen LogP contribution in [0.4, 0.5) is 0 Å². The average molecular weight is 273 g/mol. The van der Waals surface area contributed by atoms with Gasteiger partial charge in [0.2, 0.25) is 0 Å². The summed E-state index contributed by atoms with van der Waals surface area (Å²) in [7, 11) is 0. The molecule has 0 aromatic carbocycles. The van der Waals surface area contributed by atoms with Crippen molar-refractivity contribution in [2.24, 2.45) is 0 Å². The van der Waals surface area contributed by atoms with Crippen LogP contribution in [-0.4, -0.2) is 26.3 Å². The predicted molar refractivity (Wildman–Crippen MR) is 79.3 cm³/mol. The number of aromatic nitrogens is 4. The van der Waals surface area contributed by atoms with Gasteiger partial charge in [-0.1, -0.05) is 19.9 Å². The van der Waals surface area contributed by atoms with Gasteiger partial charge < -0.3 is 5.32 Å². The van der Waals surface area contributed by atoms with Crippen LogP contribution < -0.4 is 5.32 Å². The third kappa shape index (κ3) is 3.87. The molecule has 0 fully saturated rings. The highest BCUT2D eigenvalue weighted by Crippen LogP contribution is 2.15. The molecule has 0 aliphatic heterocycles. The molecule has 1 N–H and O–H groups in total. The Bertz CT molecular complexity index is 494. The van der Waals surface area contributed by atoms with Gasteiger partial charge in [0.15, 0.2) is 0 Å². The summed E-state index contributed by atoms with van der Waals surface area (Å²) < 4.78 is 1.99. The highest BCUT2D eigenvalue weighted by molar-refractivity contribution is 5.11. The summed E-state index contributed by atoms with van der Waals surface area (Å²) >= 11 is 0. The fourth-order valence-corrected chi connectivity index (χ4v) is 2.21. The summed E-state index contributed by atoms with van der Waals surface area (Å²) in [4.78, 5) is 8.86. The van der Waals surface area contributed by atoms with Crippen LogP contribution in [0.15, 0.2) is 30.7 Å². The molecule has 0 radical (unpaired) electrons. The van der Waals surface area contributed by atoms with E-state index in [0.717, 1.165) is 43.9 Å². The topological polar surface area (TPSA) is 55.6 Å². The molecule has 0 saturated carbocycles. The maximum absolute atomic E-state index is 4.47. The van der Waals surface area contributed by atoms with Crippen LogP contribution in [0, 0.1) is 0 Å². The first-order valence-electron chi connectivity index (χ1n) is 7.36. The van der Waals surface area contributed by atoms with Crippen molar-refractivity contribution in [2.45, 2.75) is 45.7 Å². The van der Waals surface area contributed by atoms with E-state index in [1.165, 1.54) is 0 Å². The fraction of sp³-hybridized carbons (Fsp3) is 0.533. The van der Waals surface area contributed by atoms with E-state index >= 15 is 0 Å². The number of pyridine rings is 1. The van der Waals surface area contributed by atoms with Crippen molar-refractivity contribution in [1.29, 1.82) is 0 Å². The largest absolute Gasteiger partial charge is 0.308 e. The molecule has 108 valence electrons. The van der Waals surface area contributed by atoms with Crippen molar-refractivity contribution in [3.05, 3.63) is 42.2 Å². The van der Waals surface area contributed by atoms with Gasteiger partial charge in [0, 0.05) is 19.2 Å². The highest BCUT2D eigenvalue weighted by Gasteiger charge is 2.16. The van der Waals surface area contributed by atoms with Gasteiger partial charge in [-0.25, -0.2) is 4.98 Å². The molecule has 5 nitrogen and oxygen atoms in total. The molecule has 0 aliphatic rings. The normalized spacial score (nSPS) is 12.5. The van der Waals surface area contributed by atoms with Crippen molar-refractivity contribution in [3.63, 3.8) is 0 Å². The zero-order chi connectivity index (χ0) is 14.2. The zero-order valence-electron chi connectivity index (χ0n) is 12.3. The molecule has 2 rings (SSSR count). The van der Waals surface area contributed by atoms with Crippen LogP contribution in [0.5, 0.6) is 0 Å². The minimum Gasteiger partial charge on any atom is -0.308 e. The molecule has 0 spiro atoms. The Kier molecular flexibility index (Phi) is 5.68. The van der Waals surface area contributed by atoms with Crippen molar-refractivity contribution < 1.29 is 0 Å². The third-order valence-corrected chi connectivity index (χ3v) is 3.20. The summed E-state index contributed by atoms with van der Waals surface area (Å²) in [5.74, 6) is 1.02. The molecule has 1 unspecified atom stereocenters. The molecule has 5 heteroatoms. The van der Waals surface area contributed by atoms with Gasteiger partial charge in [0.25, 0.3) is 0 Å². The lowest BCUT2D eigenvalue weighted by molar-refractivity contribution is 0.480. The molecule has 0 bridgehead atoms. The first-order chi connectivity index (χ1) is 9.85. The number of hydrogen-bond acceptors (Lipinski definition) is 4. The molecule has 2 aromatic rings. The molecular formula is C15H23N5. The summed E-state index contributed by atoms with van der Waals surface area (Å²) in [6.45, 7) is 6.21. The van der Waals surface area contributed by atoms with Crippen LogP contribution in [0.3, 0.4) is 0 Å². The predicted octanol–water partition coefficient (Wildman–Crippen LogP) is 2.37. The van der Waals surface area contributed by atoms with E-state index in [1.807, 2.05) is 23.0 Å². The summed E-state index contributed by atoms with van der Waals surface area (Å²) in [5.41, 5.74) is 1.06. The Labute approximate surface area is 120 Å². The quantitative estimate of drug-likeness (QED) is 0.802. The van der Waals surface area contributed by atoms with Crippen LogP contribution in [0.25, 0.3) is 0 Å². The van der Waals surface area contributed by atoms with Crippen molar-refractivity contribution in [3.8, 4) is 0 Å². The number of nitrogens with zero attached hydrogens (tertiary/aromatic N) is 4. The Balaban J connectivity index is 2.13. The van der Waals surface area contributed by atoms with Gasteiger partial charge in [0.05, 0.1) is 11.7 Å². The van der Waals surface area contributed by atoms with Gasteiger partial charge in [-0.3, -0.25) is 9.67 Å². The first kappa shape index (κ1) is 14.7. The van der Waals surface area contributed by atoms with Crippen LogP contribution in [-0.2, 0) is 13.0 Å². The van der Waals surface area contributed by atoms with E-state index < -0.39 is 0 Å². The molecule has 20 heavy (non-hydrogen) atoms. The second kappa shape index (κ2) is 7.75. The van der Waals surface area contributed by atoms with Crippen LogP contribution in [0.2, 0.25) is 0 Å². The highest BCUT2D eigenvalue weighted by atomic mass is 15.3. The Morgan fingerprint density at radius 1 is 1.20 bits per heavy atom. The minimum absolute atomic E-state index is 0.191. The van der Waals surface area contributed by atoms with E-state index in [4.69, 9.17) is 0 Å². The van der Waals surface area contributed by atoms with Gasteiger partial charge in [-0.05, 0) is 31.5 Å². The summed E-state index contributed by atoms with van der Waals surface area (Å²) in [6.07, 6.45) is 6.46. The van der Waals surface area contributed by atoms with Gasteiger partial charge in [-0.2, -0.15) is 5.10 Å². The molecule has 1 atom stereocenters. The van der Waals surface area contributed by atoms with E-state index in [-0.39, 0.29) is 6.04 Å². The zero-order valence-corrected chi connectivity index (χ0v) is 12.3. The smallest absolute Gasteiger partial charge is 0.138 e. The van der Waals surface area contributed by atoms with Crippen molar-refractivity contribution in [1.82, 2.24) is 25.1 Å². The Hall–Kier alpha value is -1.75. The number of nitrogens with one attached hydrogen (secondary N) is 1. The minimum atomic E-state index is 0.191. The molecule has 0 amide bonds. The van der Waals surface area contributed by atoms with E-state index in [2.05, 4.69) is 40.3 Å². The SMILES string of the molecule is CCCNC(Cc1ncnn1CCC)c1ccccn1. The van der Waals surface area contributed by atoms with Crippen LogP contribution in [0.1, 0.15) is 44.2 Å². The van der Waals surface area contributed by atoms with E-state index in [1.54, 1.807) is 6.33 Å². The van der Waals surface area contributed by atoms with Gasteiger partial charge >= 0.3 is 0 Å². The monoisotopic (exact) mass is 273 g/mol. The van der Waals surface area contributed by atoms with Gasteiger partial charge in [0.1, 0.15) is 12.2 Å². The average Bonchev–Trinajstić information content (AvgIpc) is 2.92. The summed E-state index contributed by atoms with van der Waals surface area (Å²) in [6, 6.07) is 6.23. The van der Waals surface area contributed by atoms with Gasteiger partial charge in [-0.15, -0.1) is 0 Å². The lowest BCUT2D eigenvalue weighted by Crippen LogP contribution is -2.26. The fourth-order valence-electron chi connectivity index (χ4n) is 2.21. The molecule has 2 aromatic heterocycles. The molecule has 0 aliphatic carbocycles. The van der Waals surface area contributed by atoms with E-state index in [9.17, 15) is 0 Å². The lowest BCUT2D eigenvalue weighted by Gasteiger charge is -2.18. The Morgan fingerprint density at radius 2 is 2.10 bits per heavy atom. The molecular weight excluding hydrogens is 250 g/mol. The van der Waals surface area contributed by atoms with E-state index in [0.29, 0.717) is 0 Å². The molecule has 2 heterocycles. The standard InChI is InChI=1S/C15H23N5/c1-3-8-16-14(13-7-5-6-9-17-13)11-15-18-12-19-20(15)10-4-2/h5-7,9,12,14,16H,3-4,8,10-11H2,1-2H3. The Morgan fingerprint density at radius 3 is 2.80 bits per heavy atom. The number of aryl methyl sites for hydroxylation is 1. The second-order valence-corrected chi connectivity index (χ2v) is 4.86. The molecule has 0 saturated heterocycles. The number of rotatable bonds is 8. The van der Waals surface area contributed by atoms with Crippen molar-refractivity contribution >= 4 is 0 Å². The first-order valence-corrected chi connectivity index (χ1v) is 7.36. The van der Waals surface area contributed by atoms with Crippen molar-refractivity contribution in [2.75, 3.05) is 6.54 Å². The van der Waals surface area contributed by atoms with Crippen LogP contribution >= 0.6 is 0 Å². The maximum Gasteiger partial charge on any atom is 0.138 e. The summed E-state index contributed by atoms with van der Waals surface area (Å²) in [5, 5.41) is 7.84. The second-order valence-electron chi connectivity index (χ2n) is 4.86. The maximum atomic E-state index is 4.47.